The van der Waals surface area contributed by atoms with Gasteiger partial charge in [0.25, 0.3) is 0 Å². The highest BCUT2D eigenvalue weighted by molar-refractivity contribution is 5.58. The number of nitrogens with zero attached hydrogens (tertiary/aromatic N) is 3. The van der Waals surface area contributed by atoms with Gasteiger partial charge >= 0.3 is 0 Å². The zero-order valence-corrected chi connectivity index (χ0v) is 9.58. The smallest absolute Gasteiger partial charge is 0.0938 e. The van der Waals surface area contributed by atoms with Crippen LogP contribution in [0.3, 0.4) is 0 Å². The maximum Gasteiger partial charge on any atom is 0.0938 e. The predicted molar refractivity (Wildman–Crippen MR) is 64.3 cm³/mol. The van der Waals surface area contributed by atoms with E-state index in [-0.39, 0.29) is 6.61 Å². The van der Waals surface area contributed by atoms with Crippen LogP contribution in [0.15, 0.2) is 30.6 Å². The lowest BCUT2D eigenvalue weighted by molar-refractivity contribution is 0.280. The largest absolute Gasteiger partial charge is 0.392 e. The van der Waals surface area contributed by atoms with Crippen molar-refractivity contribution in [3.8, 4) is 11.4 Å². The molecule has 1 aliphatic carbocycles. The van der Waals surface area contributed by atoms with Gasteiger partial charge in [-0.15, -0.1) is 0 Å². The summed E-state index contributed by atoms with van der Waals surface area (Å²) in [5.41, 5.74) is 2.72. The van der Waals surface area contributed by atoms with Gasteiger partial charge in [0.15, 0.2) is 0 Å². The molecular formula is C13H15N3O. The molecule has 4 heteroatoms. The van der Waals surface area contributed by atoms with Gasteiger partial charge in [-0.25, -0.2) is 0 Å². The second-order valence-corrected chi connectivity index (χ2v) is 4.41. The molecule has 0 aromatic carbocycles. The minimum Gasteiger partial charge on any atom is -0.392 e. The van der Waals surface area contributed by atoms with Crippen LogP contribution in [-0.4, -0.2) is 19.9 Å². The van der Waals surface area contributed by atoms with Gasteiger partial charge in [0.2, 0.25) is 0 Å². The monoisotopic (exact) mass is 229 g/mol. The third-order valence-corrected chi connectivity index (χ3v) is 3.40. The summed E-state index contributed by atoms with van der Waals surface area (Å²) in [7, 11) is 0. The van der Waals surface area contributed by atoms with Crippen molar-refractivity contribution in [2.75, 3.05) is 0 Å². The van der Waals surface area contributed by atoms with E-state index in [0.717, 1.165) is 17.0 Å². The van der Waals surface area contributed by atoms with Crippen LogP contribution in [0.2, 0.25) is 0 Å². The molecular weight excluding hydrogens is 214 g/mol. The summed E-state index contributed by atoms with van der Waals surface area (Å²) >= 11 is 0. The van der Waals surface area contributed by atoms with Crippen LogP contribution in [0.25, 0.3) is 11.4 Å². The Kier molecular flexibility index (Phi) is 2.65. The third-order valence-electron chi connectivity index (χ3n) is 3.40. The van der Waals surface area contributed by atoms with Gasteiger partial charge in [-0.2, -0.15) is 5.10 Å². The van der Waals surface area contributed by atoms with E-state index in [2.05, 4.69) is 10.1 Å². The Morgan fingerprint density at radius 3 is 2.88 bits per heavy atom. The van der Waals surface area contributed by atoms with Crippen LogP contribution in [0.4, 0.5) is 0 Å². The van der Waals surface area contributed by atoms with Crippen molar-refractivity contribution in [2.45, 2.75) is 31.9 Å². The SMILES string of the molecule is OCc1cccnc1-c1ccnn1C1CCC1. The first-order valence-electron chi connectivity index (χ1n) is 5.99. The number of hydrogen-bond donors (Lipinski definition) is 1. The van der Waals surface area contributed by atoms with Crippen LogP contribution < -0.4 is 0 Å². The molecule has 0 saturated heterocycles. The molecule has 0 radical (unpaired) electrons. The zero-order chi connectivity index (χ0) is 11.7. The fraction of sp³-hybridized carbons (Fsp3) is 0.385. The van der Waals surface area contributed by atoms with Crippen LogP contribution in [0, 0.1) is 0 Å². The highest BCUT2D eigenvalue weighted by atomic mass is 16.3. The summed E-state index contributed by atoms with van der Waals surface area (Å²) in [4.78, 5) is 4.37. The van der Waals surface area contributed by atoms with Gasteiger partial charge in [-0.3, -0.25) is 9.67 Å². The summed E-state index contributed by atoms with van der Waals surface area (Å²) in [5, 5.41) is 13.7. The Hall–Kier alpha value is -1.68. The average molecular weight is 229 g/mol. The molecule has 1 aliphatic rings. The lowest BCUT2D eigenvalue weighted by Gasteiger charge is -2.27. The lowest BCUT2D eigenvalue weighted by Crippen LogP contribution is -2.19. The predicted octanol–water partition coefficient (Wildman–Crippen LogP) is 2.16. The van der Waals surface area contributed by atoms with Gasteiger partial charge in [-0.1, -0.05) is 6.07 Å². The molecule has 88 valence electrons. The Balaban J connectivity index is 2.05. The fourth-order valence-corrected chi connectivity index (χ4v) is 2.22. The summed E-state index contributed by atoms with van der Waals surface area (Å²) in [6, 6.07) is 6.23. The molecule has 0 bridgehead atoms. The topological polar surface area (TPSA) is 50.9 Å². The summed E-state index contributed by atoms with van der Waals surface area (Å²) in [5.74, 6) is 0. The van der Waals surface area contributed by atoms with Crippen LogP contribution in [-0.2, 0) is 6.61 Å². The van der Waals surface area contributed by atoms with Crippen LogP contribution >= 0.6 is 0 Å². The number of aliphatic hydroxyl groups excluding tert-OH is 1. The Bertz CT molecular complexity index is 517. The Morgan fingerprint density at radius 2 is 2.18 bits per heavy atom. The highest BCUT2D eigenvalue weighted by Gasteiger charge is 2.23. The molecule has 3 rings (SSSR count). The summed E-state index contributed by atoms with van der Waals surface area (Å²) in [6.07, 6.45) is 7.22. The number of rotatable bonds is 3. The number of aromatic nitrogens is 3. The second-order valence-electron chi connectivity index (χ2n) is 4.41. The summed E-state index contributed by atoms with van der Waals surface area (Å²) < 4.78 is 2.05. The molecule has 2 aromatic heterocycles. The lowest BCUT2D eigenvalue weighted by atomic mass is 9.93. The van der Waals surface area contributed by atoms with Crippen LogP contribution in [0.1, 0.15) is 30.9 Å². The Labute approximate surface area is 99.9 Å². The molecule has 0 amide bonds. The minimum absolute atomic E-state index is 0.0129. The van der Waals surface area contributed by atoms with Crippen molar-refractivity contribution in [3.63, 3.8) is 0 Å². The molecule has 2 aromatic rings. The van der Waals surface area contributed by atoms with Crippen molar-refractivity contribution < 1.29 is 5.11 Å². The van der Waals surface area contributed by atoms with E-state index in [0.29, 0.717) is 6.04 Å². The second kappa shape index (κ2) is 4.30. The zero-order valence-electron chi connectivity index (χ0n) is 9.58. The number of pyridine rings is 1. The first kappa shape index (κ1) is 10.5. The highest BCUT2D eigenvalue weighted by Crippen LogP contribution is 2.34. The van der Waals surface area contributed by atoms with Crippen molar-refractivity contribution in [2.24, 2.45) is 0 Å². The quantitative estimate of drug-likeness (QED) is 0.877. The maximum absolute atomic E-state index is 9.35. The van der Waals surface area contributed by atoms with Crippen molar-refractivity contribution in [1.29, 1.82) is 0 Å². The van der Waals surface area contributed by atoms with Gasteiger partial charge in [0.1, 0.15) is 0 Å². The average Bonchev–Trinajstić information content (AvgIpc) is 2.75. The molecule has 0 aliphatic heterocycles. The van der Waals surface area contributed by atoms with Gasteiger partial charge in [0.05, 0.1) is 24.0 Å². The Morgan fingerprint density at radius 1 is 1.29 bits per heavy atom. The van der Waals surface area contributed by atoms with Gasteiger partial charge < -0.3 is 5.11 Å². The molecule has 2 heterocycles. The molecule has 4 nitrogen and oxygen atoms in total. The van der Waals surface area contributed by atoms with E-state index in [1.165, 1.54) is 19.3 Å². The van der Waals surface area contributed by atoms with Crippen LogP contribution in [0.5, 0.6) is 0 Å². The maximum atomic E-state index is 9.35. The summed E-state index contributed by atoms with van der Waals surface area (Å²) in [6.45, 7) is 0.0129. The molecule has 1 saturated carbocycles. The normalized spacial score (nSPS) is 15.8. The van der Waals surface area contributed by atoms with E-state index in [1.807, 2.05) is 29.1 Å². The van der Waals surface area contributed by atoms with Crippen molar-refractivity contribution in [1.82, 2.24) is 14.8 Å². The molecule has 1 fully saturated rings. The van der Waals surface area contributed by atoms with E-state index in [4.69, 9.17) is 0 Å². The van der Waals surface area contributed by atoms with E-state index >= 15 is 0 Å². The van der Waals surface area contributed by atoms with Crippen molar-refractivity contribution >= 4 is 0 Å². The molecule has 17 heavy (non-hydrogen) atoms. The standard InChI is InChI=1S/C13H15N3O/c17-9-10-3-2-7-14-13(10)12-6-8-15-16(12)11-4-1-5-11/h2-3,6-8,11,17H,1,4-5,9H2. The number of hydrogen-bond acceptors (Lipinski definition) is 3. The third kappa shape index (κ3) is 1.74. The van der Waals surface area contributed by atoms with E-state index < -0.39 is 0 Å². The molecule has 0 atom stereocenters. The molecule has 0 spiro atoms. The van der Waals surface area contributed by atoms with E-state index in [9.17, 15) is 5.11 Å². The fourth-order valence-electron chi connectivity index (χ4n) is 2.22. The first-order chi connectivity index (χ1) is 8.40. The molecule has 0 unspecified atom stereocenters. The first-order valence-corrected chi connectivity index (χ1v) is 5.99. The van der Waals surface area contributed by atoms with Gasteiger partial charge in [0, 0.05) is 18.0 Å². The minimum atomic E-state index is 0.0129. The van der Waals surface area contributed by atoms with E-state index in [1.54, 1.807) is 6.20 Å². The van der Waals surface area contributed by atoms with Crippen molar-refractivity contribution in [3.05, 3.63) is 36.2 Å². The number of aliphatic hydroxyl groups is 1. The molecule has 1 N–H and O–H groups in total. The van der Waals surface area contributed by atoms with Gasteiger partial charge in [-0.05, 0) is 31.4 Å².